The number of hydrogen-bond donors (Lipinski definition) is 2. The maximum absolute atomic E-state index is 12.5. The number of benzene rings is 1. The zero-order chi connectivity index (χ0) is 18.2. The van der Waals surface area contributed by atoms with Crippen LogP contribution in [0.4, 0.5) is 5.69 Å². The summed E-state index contributed by atoms with van der Waals surface area (Å²) in [4.78, 5) is 24.7. The lowest BCUT2D eigenvalue weighted by Gasteiger charge is -2.27. The third-order valence-electron chi connectivity index (χ3n) is 5.19. The van der Waals surface area contributed by atoms with Crippen LogP contribution < -0.4 is 10.6 Å². The van der Waals surface area contributed by atoms with Gasteiger partial charge in [-0.15, -0.1) is 0 Å². The molecule has 1 aromatic rings. The summed E-state index contributed by atoms with van der Waals surface area (Å²) in [5, 5.41) is 6.10. The summed E-state index contributed by atoms with van der Waals surface area (Å²) in [7, 11) is 0. The molecule has 0 atom stereocenters. The Labute approximate surface area is 151 Å². The highest BCUT2D eigenvalue weighted by molar-refractivity contribution is 5.93. The summed E-state index contributed by atoms with van der Waals surface area (Å²) in [5.74, 6) is 0.356. The SMILES string of the molecule is CCCCCNC(=O)C1CCC(C(=O)Nc2ccc(C)cc2C)CC1. The van der Waals surface area contributed by atoms with Gasteiger partial charge in [0, 0.05) is 24.1 Å². The van der Waals surface area contributed by atoms with E-state index in [1.54, 1.807) is 0 Å². The number of amides is 2. The number of carbonyl (C=O) groups excluding carboxylic acids is 2. The van der Waals surface area contributed by atoms with E-state index in [0.717, 1.165) is 62.7 Å². The van der Waals surface area contributed by atoms with Crippen LogP contribution in [0.2, 0.25) is 0 Å². The zero-order valence-corrected chi connectivity index (χ0v) is 15.9. The van der Waals surface area contributed by atoms with Gasteiger partial charge in [-0.2, -0.15) is 0 Å². The molecule has 1 saturated carbocycles. The Morgan fingerprint density at radius 1 is 1.00 bits per heavy atom. The van der Waals surface area contributed by atoms with Crippen molar-refractivity contribution in [3.63, 3.8) is 0 Å². The van der Waals surface area contributed by atoms with E-state index in [9.17, 15) is 9.59 Å². The summed E-state index contributed by atoms with van der Waals surface area (Å²) in [6.07, 6.45) is 6.58. The third kappa shape index (κ3) is 5.87. The molecule has 4 heteroatoms. The Hall–Kier alpha value is -1.84. The van der Waals surface area contributed by atoms with Gasteiger partial charge in [0.2, 0.25) is 11.8 Å². The van der Waals surface area contributed by atoms with Gasteiger partial charge < -0.3 is 10.6 Å². The molecule has 4 nitrogen and oxygen atoms in total. The molecule has 0 aliphatic heterocycles. The van der Waals surface area contributed by atoms with Crippen molar-refractivity contribution in [1.29, 1.82) is 0 Å². The first kappa shape index (κ1) is 19.5. The van der Waals surface area contributed by atoms with Crippen LogP contribution in [-0.2, 0) is 9.59 Å². The van der Waals surface area contributed by atoms with Crippen LogP contribution in [0.15, 0.2) is 18.2 Å². The van der Waals surface area contributed by atoms with Crippen LogP contribution in [0, 0.1) is 25.7 Å². The van der Waals surface area contributed by atoms with Gasteiger partial charge >= 0.3 is 0 Å². The molecule has 1 aromatic carbocycles. The van der Waals surface area contributed by atoms with E-state index in [4.69, 9.17) is 0 Å². The molecule has 1 aliphatic carbocycles. The van der Waals surface area contributed by atoms with Crippen LogP contribution in [0.3, 0.4) is 0 Å². The number of hydrogen-bond acceptors (Lipinski definition) is 2. The summed E-state index contributed by atoms with van der Waals surface area (Å²) in [6.45, 7) is 7.00. The molecule has 1 aliphatic rings. The second-order valence-electron chi connectivity index (χ2n) is 7.35. The van der Waals surface area contributed by atoms with Crippen LogP contribution in [0.25, 0.3) is 0 Å². The first-order chi connectivity index (χ1) is 12.0. The lowest BCUT2D eigenvalue weighted by molar-refractivity contribution is -0.128. The van der Waals surface area contributed by atoms with Gasteiger partial charge in [0.25, 0.3) is 0 Å². The topological polar surface area (TPSA) is 58.2 Å². The minimum absolute atomic E-state index is 0.0184. The zero-order valence-electron chi connectivity index (χ0n) is 15.9. The van der Waals surface area contributed by atoms with E-state index in [1.807, 2.05) is 26.0 Å². The smallest absolute Gasteiger partial charge is 0.227 e. The van der Waals surface area contributed by atoms with Crippen molar-refractivity contribution in [2.45, 2.75) is 65.7 Å². The van der Waals surface area contributed by atoms with Crippen molar-refractivity contribution >= 4 is 17.5 Å². The molecule has 2 N–H and O–H groups in total. The van der Waals surface area contributed by atoms with Gasteiger partial charge in [-0.3, -0.25) is 9.59 Å². The fourth-order valence-corrected chi connectivity index (χ4v) is 3.54. The van der Waals surface area contributed by atoms with E-state index < -0.39 is 0 Å². The predicted molar refractivity (Wildman–Crippen MR) is 103 cm³/mol. The van der Waals surface area contributed by atoms with Gasteiger partial charge in [-0.1, -0.05) is 37.5 Å². The van der Waals surface area contributed by atoms with E-state index in [0.29, 0.717) is 0 Å². The Balaban J connectivity index is 1.77. The Morgan fingerprint density at radius 3 is 2.24 bits per heavy atom. The predicted octanol–water partition coefficient (Wildman–Crippen LogP) is 4.35. The van der Waals surface area contributed by atoms with Crippen molar-refractivity contribution in [3.8, 4) is 0 Å². The van der Waals surface area contributed by atoms with Crippen molar-refractivity contribution in [2.75, 3.05) is 11.9 Å². The molecule has 0 spiro atoms. The van der Waals surface area contributed by atoms with Crippen molar-refractivity contribution < 1.29 is 9.59 Å². The minimum Gasteiger partial charge on any atom is -0.356 e. The molecule has 25 heavy (non-hydrogen) atoms. The first-order valence-electron chi connectivity index (χ1n) is 9.67. The highest BCUT2D eigenvalue weighted by atomic mass is 16.2. The van der Waals surface area contributed by atoms with Gasteiger partial charge in [0.05, 0.1) is 0 Å². The molecule has 0 aromatic heterocycles. The molecule has 138 valence electrons. The molecule has 0 heterocycles. The average Bonchev–Trinajstić information content (AvgIpc) is 2.61. The van der Waals surface area contributed by atoms with Crippen molar-refractivity contribution in [3.05, 3.63) is 29.3 Å². The maximum Gasteiger partial charge on any atom is 0.227 e. The number of nitrogens with one attached hydrogen (secondary N) is 2. The highest BCUT2D eigenvalue weighted by Crippen LogP contribution is 2.30. The average molecular weight is 344 g/mol. The minimum atomic E-state index is 0.0184. The van der Waals surface area contributed by atoms with Crippen LogP contribution in [0.1, 0.15) is 63.0 Å². The van der Waals surface area contributed by atoms with Crippen LogP contribution in [0.5, 0.6) is 0 Å². The lowest BCUT2D eigenvalue weighted by Crippen LogP contribution is -2.36. The van der Waals surface area contributed by atoms with Crippen molar-refractivity contribution in [2.24, 2.45) is 11.8 Å². The summed E-state index contributed by atoms with van der Waals surface area (Å²) in [6, 6.07) is 6.07. The number of rotatable bonds is 7. The second kappa shape index (κ2) is 9.59. The lowest BCUT2D eigenvalue weighted by atomic mass is 9.81. The molecular formula is C21H32N2O2. The fourth-order valence-electron chi connectivity index (χ4n) is 3.54. The van der Waals surface area contributed by atoms with E-state index in [-0.39, 0.29) is 23.7 Å². The summed E-state index contributed by atoms with van der Waals surface area (Å²) < 4.78 is 0. The largest absolute Gasteiger partial charge is 0.356 e. The first-order valence-corrected chi connectivity index (χ1v) is 9.67. The maximum atomic E-state index is 12.5. The monoisotopic (exact) mass is 344 g/mol. The normalized spacial score (nSPS) is 20.1. The third-order valence-corrected chi connectivity index (χ3v) is 5.19. The van der Waals surface area contributed by atoms with E-state index >= 15 is 0 Å². The number of anilines is 1. The summed E-state index contributed by atoms with van der Waals surface area (Å²) in [5.41, 5.74) is 3.18. The Kier molecular flexibility index (Phi) is 7.48. The van der Waals surface area contributed by atoms with Crippen molar-refractivity contribution in [1.82, 2.24) is 5.32 Å². The quantitative estimate of drug-likeness (QED) is 0.722. The van der Waals surface area contributed by atoms with Crippen LogP contribution in [-0.4, -0.2) is 18.4 Å². The molecule has 2 rings (SSSR count). The molecule has 0 unspecified atom stereocenters. The van der Waals surface area contributed by atoms with Gasteiger partial charge in [0.1, 0.15) is 0 Å². The molecule has 0 saturated heterocycles. The molecular weight excluding hydrogens is 312 g/mol. The molecule has 0 bridgehead atoms. The fraction of sp³-hybridized carbons (Fsp3) is 0.619. The van der Waals surface area contributed by atoms with E-state index in [2.05, 4.69) is 23.6 Å². The number of unbranched alkanes of at least 4 members (excludes halogenated alkanes) is 2. The number of aryl methyl sites for hydroxylation is 2. The highest BCUT2D eigenvalue weighted by Gasteiger charge is 2.29. The standard InChI is InChI=1S/C21H32N2O2/c1-4-5-6-13-22-20(24)17-8-10-18(11-9-17)21(25)23-19-12-7-15(2)14-16(19)3/h7,12,14,17-18H,4-6,8-11,13H2,1-3H3,(H,22,24)(H,23,25). The van der Waals surface area contributed by atoms with Gasteiger partial charge in [-0.25, -0.2) is 0 Å². The molecule has 1 fully saturated rings. The Morgan fingerprint density at radius 2 is 1.64 bits per heavy atom. The number of carbonyl (C=O) groups is 2. The van der Waals surface area contributed by atoms with Gasteiger partial charge in [-0.05, 0) is 57.6 Å². The van der Waals surface area contributed by atoms with Crippen LogP contribution >= 0.6 is 0 Å². The molecule has 0 radical (unpaired) electrons. The summed E-state index contributed by atoms with van der Waals surface area (Å²) >= 11 is 0. The molecule has 2 amide bonds. The van der Waals surface area contributed by atoms with E-state index in [1.165, 1.54) is 5.56 Å². The second-order valence-corrected chi connectivity index (χ2v) is 7.35. The Bertz CT molecular complexity index is 590. The van der Waals surface area contributed by atoms with Gasteiger partial charge in [0.15, 0.2) is 0 Å².